The van der Waals surface area contributed by atoms with Crippen LogP contribution in [0.15, 0.2) is 0 Å². The van der Waals surface area contributed by atoms with Gasteiger partial charge < -0.3 is 5.32 Å². The maximum Gasteiger partial charge on any atom is 0.235 e. The van der Waals surface area contributed by atoms with Gasteiger partial charge in [0.15, 0.2) is 0 Å². The van der Waals surface area contributed by atoms with E-state index >= 15 is 0 Å². The lowest BCUT2D eigenvalue weighted by molar-refractivity contribution is -0.121. The van der Waals surface area contributed by atoms with Crippen molar-refractivity contribution in [3.8, 4) is 0 Å². The van der Waals surface area contributed by atoms with Crippen LogP contribution in [0.2, 0.25) is 0 Å². The zero-order valence-corrected chi connectivity index (χ0v) is 13.7. The summed E-state index contributed by atoms with van der Waals surface area (Å²) < 4.78 is 25.3. The zero-order chi connectivity index (χ0) is 15.2. The van der Waals surface area contributed by atoms with Crippen molar-refractivity contribution >= 4 is 15.9 Å². The van der Waals surface area contributed by atoms with Crippen LogP contribution in [-0.2, 0) is 14.8 Å². The van der Waals surface area contributed by atoms with E-state index in [9.17, 15) is 13.2 Å². The van der Waals surface area contributed by atoms with Crippen LogP contribution in [0.25, 0.3) is 0 Å². The number of hydrogen-bond acceptors (Lipinski definition) is 3. The highest BCUT2D eigenvalue weighted by molar-refractivity contribution is 7.88. The van der Waals surface area contributed by atoms with Gasteiger partial charge in [0.25, 0.3) is 0 Å². The van der Waals surface area contributed by atoms with Crippen molar-refractivity contribution in [1.82, 2.24) is 9.62 Å². The predicted octanol–water partition coefficient (Wildman–Crippen LogP) is 1.74. The first-order valence-corrected chi connectivity index (χ1v) is 9.39. The minimum absolute atomic E-state index is 0.0164. The Morgan fingerprint density at radius 2 is 1.75 bits per heavy atom. The van der Waals surface area contributed by atoms with E-state index in [1.54, 1.807) is 0 Å². The summed E-state index contributed by atoms with van der Waals surface area (Å²) in [6.45, 7) is 4.57. The molecule has 0 bridgehead atoms. The smallest absolute Gasteiger partial charge is 0.235 e. The Morgan fingerprint density at radius 3 is 2.20 bits per heavy atom. The maximum atomic E-state index is 12.0. The molecular formula is C14H28N2O3S. The van der Waals surface area contributed by atoms with Crippen LogP contribution in [0.4, 0.5) is 0 Å². The average molecular weight is 304 g/mol. The third-order valence-electron chi connectivity index (χ3n) is 3.66. The van der Waals surface area contributed by atoms with Crippen LogP contribution in [-0.4, -0.2) is 44.0 Å². The Labute approximate surface area is 123 Å². The third-order valence-corrected chi connectivity index (χ3v) is 4.94. The number of nitrogens with zero attached hydrogens (tertiary/aromatic N) is 1. The molecule has 1 rings (SSSR count). The second kappa shape index (κ2) is 7.98. The van der Waals surface area contributed by atoms with Crippen LogP contribution in [0, 0.1) is 5.92 Å². The van der Waals surface area contributed by atoms with E-state index in [0.29, 0.717) is 12.5 Å². The molecule has 0 radical (unpaired) electrons. The van der Waals surface area contributed by atoms with E-state index in [1.165, 1.54) is 10.6 Å². The Bertz CT molecular complexity index is 399. The van der Waals surface area contributed by atoms with E-state index in [-0.39, 0.29) is 18.5 Å². The molecule has 0 aromatic heterocycles. The molecule has 1 aliphatic carbocycles. The summed E-state index contributed by atoms with van der Waals surface area (Å²) in [5, 5.41) is 2.79. The number of nitrogens with one attached hydrogen (secondary N) is 1. The van der Waals surface area contributed by atoms with Gasteiger partial charge >= 0.3 is 0 Å². The van der Waals surface area contributed by atoms with Gasteiger partial charge in [-0.05, 0) is 18.8 Å². The number of sulfonamides is 1. The van der Waals surface area contributed by atoms with Gasteiger partial charge in [-0.1, -0.05) is 39.5 Å². The van der Waals surface area contributed by atoms with Crippen LogP contribution >= 0.6 is 0 Å². The zero-order valence-electron chi connectivity index (χ0n) is 12.9. The lowest BCUT2D eigenvalue weighted by Gasteiger charge is -2.28. The van der Waals surface area contributed by atoms with Gasteiger partial charge in [0.2, 0.25) is 15.9 Å². The molecule has 1 N–H and O–H groups in total. The Morgan fingerprint density at radius 1 is 1.20 bits per heavy atom. The normalized spacial score (nSPS) is 18.2. The molecule has 20 heavy (non-hydrogen) atoms. The number of carbonyl (C=O) groups is 1. The quantitative estimate of drug-likeness (QED) is 0.760. The topological polar surface area (TPSA) is 66.5 Å². The van der Waals surface area contributed by atoms with Crippen molar-refractivity contribution < 1.29 is 13.2 Å². The summed E-state index contributed by atoms with van der Waals surface area (Å²) in [5.41, 5.74) is 0. The van der Waals surface area contributed by atoms with Gasteiger partial charge in [-0.25, -0.2) is 8.42 Å². The van der Waals surface area contributed by atoms with Crippen molar-refractivity contribution in [2.75, 3.05) is 19.3 Å². The molecule has 0 unspecified atom stereocenters. The predicted molar refractivity (Wildman–Crippen MR) is 80.9 cm³/mol. The van der Waals surface area contributed by atoms with Crippen LogP contribution in [0.1, 0.15) is 52.4 Å². The molecule has 1 aliphatic rings. The SMILES string of the molecule is CC(C)CNC(=O)CN(C1CCCCCC1)S(C)(=O)=O. The van der Waals surface area contributed by atoms with Gasteiger partial charge in [0.1, 0.15) is 0 Å². The monoisotopic (exact) mass is 304 g/mol. The molecule has 6 heteroatoms. The molecule has 0 spiro atoms. The van der Waals surface area contributed by atoms with E-state index in [4.69, 9.17) is 0 Å². The van der Waals surface area contributed by atoms with Crippen molar-refractivity contribution in [3.05, 3.63) is 0 Å². The van der Waals surface area contributed by atoms with Crippen molar-refractivity contribution in [2.45, 2.75) is 58.4 Å². The van der Waals surface area contributed by atoms with Crippen LogP contribution < -0.4 is 5.32 Å². The van der Waals surface area contributed by atoms with Crippen molar-refractivity contribution in [1.29, 1.82) is 0 Å². The molecule has 1 saturated carbocycles. The average Bonchev–Trinajstić information content (AvgIpc) is 2.60. The highest BCUT2D eigenvalue weighted by Crippen LogP contribution is 2.23. The lowest BCUT2D eigenvalue weighted by atomic mass is 10.1. The molecule has 118 valence electrons. The first kappa shape index (κ1) is 17.4. The molecule has 1 fully saturated rings. The molecule has 0 heterocycles. The van der Waals surface area contributed by atoms with E-state index < -0.39 is 10.0 Å². The van der Waals surface area contributed by atoms with Gasteiger partial charge in [-0.3, -0.25) is 4.79 Å². The van der Waals surface area contributed by atoms with Crippen molar-refractivity contribution in [3.63, 3.8) is 0 Å². The summed E-state index contributed by atoms with van der Waals surface area (Å²) in [5.74, 6) is 0.164. The Kier molecular flexibility index (Phi) is 6.95. The summed E-state index contributed by atoms with van der Waals surface area (Å²) in [7, 11) is -3.34. The number of hydrogen-bond donors (Lipinski definition) is 1. The first-order valence-electron chi connectivity index (χ1n) is 7.54. The summed E-state index contributed by atoms with van der Waals surface area (Å²) >= 11 is 0. The Hall–Kier alpha value is -0.620. The molecule has 0 aliphatic heterocycles. The van der Waals surface area contributed by atoms with Crippen LogP contribution in [0.3, 0.4) is 0 Å². The fourth-order valence-corrected chi connectivity index (χ4v) is 3.68. The Balaban J connectivity index is 2.67. The summed E-state index contributed by atoms with van der Waals surface area (Å²) in [4.78, 5) is 11.9. The second-order valence-electron chi connectivity index (χ2n) is 6.15. The third kappa shape index (κ3) is 6.22. The minimum Gasteiger partial charge on any atom is -0.355 e. The molecule has 5 nitrogen and oxygen atoms in total. The lowest BCUT2D eigenvalue weighted by Crippen LogP contribution is -2.46. The molecule has 0 atom stereocenters. The van der Waals surface area contributed by atoms with Gasteiger partial charge in [0.05, 0.1) is 12.8 Å². The van der Waals surface area contributed by atoms with Gasteiger partial charge in [-0.2, -0.15) is 4.31 Å². The molecule has 0 saturated heterocycles. The highest BCUT2D eigenvalue weighted by atomic mass is 32.2. The number of carbonyl (C=O) groups excluding carboxylic acids is 1. The largest absolute Gasteiger partial charge is 0.355 e. The number of amides is 1. The summed E-state index contributed by atoms with van der Waals surface area (Å²) in [6.07, 6.45) is 7.35. The summed E-state index contributed by atoms with van der Waals surface area (Å²) in [6, 6.07) is -0.0164. The first-order chi connectivity index (χ1) is 9.30. The molecule has 0 aromatic rings. The van der Waals surface area contributed by atoms with Gasteiger partial charge in [0, 0.05) is 12.6 Å². The van der Waals surface area contributed by atoms with E-state index in [2.05, 4.69) is 5.32 Å². The highest BCUT2D eigenvalue weighted by Gasteiger charge is 2.29. The second-order valence-corrected chi connectivity index (χ2v) is 8.09. The van der Waals surface area contributed by atoms with Crippen LogP contribution in [0.5, 0.6) is 0 Å². The van der Waals surface area contributed by atoms with E-state index in [0.717, 1.165) is 38.5 Å². The fourth-order valence-electron chi connectivity index (χ4n) is 2.58. The number of rotatable bonds is 6. The van der Waals surface area contributed by atoms with Crippen molar-refractivity contribution in [2.24, 2.45) is 5.92 Å². The van der Waals surface area contributed by atoms with Gasteiger partial charge in [-0.15, -0.1) is 0 Å². The standard InChI is InChI=1S/C14H28N2O3S/c1-12(2)10-15-14(17)11-16(20(3,18)19)13-8-6-4-5-7-9-13/h12-13H,4-11H2,1-3H3,(H,15,17). The maximum absolute atomic E-state index is 12.0. The molecule has 0 aromatic carbocycles. The minimum atomic E-state index is -3.34. The fraction of sp³-hybridized carbons (Fsp3) is 0.929. The van der Waals surface area contributed by atoms with E-state index in [1.807, 2.05) is 13.8 Å². The molecule has 1 amide bonds. The molecular weight excluding hydrogens is 276 g/mol.